The van der Waals surface area contributed by atoms with Crippen LogP contribution in [0, 0.1) is 5.41 Å². The van der Waals surface area contributed by atoms with Crippen LogP contribution < -0.4 is 5.69 Å². The number of nitrogens with zero attached hydrogens (tertiary/aromatic N) is 3. The average molecular weight is 307 g/mol. The Bertz CT molecular complexity index is 718. The van der Waals surface area contributed by atoms with E-state index < -0.39 is 5.97 Å². The number of pyridine rings is 1. The van der Waals surface area contributed by atoms with Gasteiger partial charge in [-0.1, -0.05) is 6.07 Å². The molecule has 112 valence electrons. The van der Waals surface area contributed by atoms with Crippen molar-refractivity contribution in [1.82, 2.24) is 14.2 Å². The number of carboxylic acid groups (broad SMARTS) is 1. The van der Waals surface area contributed by atoms with Crippen LogP contribution in [0.4, 0.5) is 0 Å². The zero-order valence-corrected chi connectivity index (χ0v) is 12.4. The third-order valence-electron chi connectivity index (χ3n) is 3.83. The highest BCUT2D eigenvalue weighted by Gasteiger charge is 2.43. The molecule has 0 atom stereocenters. The minimum Gasteiger partial charge on any atom is -0.481 e. The van der Waals surface area contributed by atoms with Gasteiger partial charge in [-0.2, -0.15) is 11.8 Å². The SMILES string of the molecule is O=C(O)CC1(CSCCn2nc3ccccn3c2=O)CC1. The van der Waals surface area contributed by atoms with E-state index in [2.05, 4.69) is 5.10 Å². The molecule has 2 heterocycles. The monoisotopic (exact) mass is 307 g/mol. The van der Waals surface area contributed by atoms with Crippen LogP contribution in [0.3, 0.4) is 0 Å². The summed E-state index contributed by atoms with van der Waals surface area (Å²) in [7, 11) is 0. The molecule has 6 nitrogen and oxygen atoms in total. The molecule has 0 aromatic carbocycles. The number of rotatable bonds is 7. The molecule has 1 fully saturated rings. The lowest BCUT2D eigenvalue weighted by molar-refractivity contribution is -0.138. The van der Waals surface area contributed by atoms with Gasteiger partial charge in [0.1, 0.15) is 0 Å². The van der Waals surface area contributed by atoms with E-state index >= 15 is 0 Å². The molecular formula is C14H17N3O3S. The molecule has 0 radical (unpaired) electrons. The maximum Gasteiger partial charge on any atom is 0.350 e. The molecule has 0 bridgehead atoms. The summed E-state index contributed by atoms with van der Waals surface area (Å²) >= 11 is 1.71. The van der Waals surface area contributed by atoms with E-state index in [0.29, 0.717) is 12.2 Å². The number of aromatic nitrogens is 3. The Kier molecular flexibility index (Phi) is 3.75. The summed E-state index contributed by atoms with van der Waals surface area (Å²) in [5.74, 6) is 0.900. The van der Waals surface area contributed by atoms with Gasteiger partial charge in [-0.3, -0.25) is 9.20 Å². The Morgan fingerprint density at radius 2 is 2.24 bits per heavy atom. The number of aliphatic carboxylic acids is 1. The van der Waals surface area contributed by atoms with Gasteiger partial charge in [-0.25, -0.2) is 9.48 Å². The Hall–Kier alpha value is -1.76. The fraction of sp³-hybridized carbons (Fsp3) is 0.500. The highest BCUT2D eigenvalue weighted by atomic mass is 32.2. The molecule has 1 aliphatic carbocycles. The third-order valence-corrected chi connectivity index (χ3v) is 5.12. The Labute approximate surface area is 125 Å². The van der Waals surface area contributed by atoms with Gasteiger partial charge in [0.2, 0.25) is 0 Å². The van der Waals surface area contributed by atoms with E-state index in [9.17, 15) is 9.59 Å². The molecule has 1 N–H and O–H groups in total. The standard InChI is InChI=1S/C14H17N3O3S/c18-12(19)9-14(4-5-14)10-21-8-7-17-13(20)16-6-2-1-3-11(16)15-17/h1-3,6H,4-5,7-10H2,(H,18,19). The van der Waals surface area contributed by atoms with Crippen molar-refractivity contribution < 1.29 is 9.90 Å². The molecule has 1 aliphatic rings. The molecule has 1 saturated carbocycles. The molecular weight excluding hydrogens is 290 g/mol. The molecule has 7 heteroatoms. The first kappa shape index (κ1) is 14.2. The number of aryl methyl sites for hydroxylation is 1. The van der Waals surface area contributed by atoms with Crippen molar-refractivity contribution in [2.24, 2.45) is 5.41 Å². The predicted octanol–water partition coefficient (Wildman–Crippen LogP) is 1.48. The van der Waals surface area contributed by atoms with Crippen molar-refractivity contribution in [3.05, 3.63) is 34.9 Å². The predicted molar refractivity (Wildman–Crippen MR) is 80.7 cm³/mol. The molecule has 21 heavy (non-hydrogen) atoms. The van der Waals surface area contributed by atoms with Crippen LogP contribution in [0.2, 0.25) is 0 Å². The number of hydrogen-bond donors (Lipinski definition) is 1. The molecule has 3 rings (SSSR count). The second-order valence-electron chi connectivity index (χ2n) is 5.56. The summed E-state index contributed by atoms with van der Waals surface area (Å²) < 4.78 is 3.00. The molecule has 2 aromatic rings. The first-order valence-electron chi connectivity index (χ1n) is 6.93. The van der Waals surface area contributed by atoms with Gasteiger partial charge in [0.25, 0.3) is 0 Å². The fourth-order valence-corrected chi connectivity index (χ4v) is 3.69. The number of hydrogen-bond acceptors (Lipinski definition) is 4. The normalized spacial score (nSPS) is 16.2. The summed E-state index contributed by atoms with van der Waals surface area (Å²) in [6, 6.07) is 5.46. The smallest absolute Gasteiger partial charge is 0.350 e. The summed E-state index contributed by atoms with van der Waals surface area (Å²) in [6.45, 7) is 0.550. The van der Waals surface area contributed by atoms with Crippen molar-refractivity contribution >= 4 is 23.4 Å². The van der Waals surface area contributed by atoms with E-state index in [-0.39, 0.29) is 17.5 Å². The first-order valence-corrected chi connectivity index (χ1v) is 8.09. The van der Waals surface area contributed by atoms with E-state index in [1.807, 2.05) is 6.07 Å². The van der Waals surface area contributed by atoms with Gasteiger partial charge in [0, 0.05) is 11.9 Å². The van der Waals surface area contributed by atoms with Crippen molar-refractivity contribution in [3.63, 3.8) is 0 Å². The van der Waals surface area contributed by atoms with Gasteiger partial charge in [0.15, 0.2) is 5.65 Å². The Morgan fingerprint density at radius 1 is 1.43 bits per heavy atom. The van der Waals surface area contributed by atoms with Crippen LogP contribution in [-0.4, -0.2) is 36.8 Å². The van der Waals surface area contributed by atoms with E-state index in [1.165, 1.54) is 9.08 Å². The van der Waals surface area contributed by atoms with Crippen LogP contribution in [0.5, 0.6) is 0 Å². The van der Waals surface area contributed by atoms with Crippen LogP contribution in [0.1, 0.15) is 19.3 Å². The van der Waals surface area contributed by atoms with Crippen molar-refractivity contribution in [2.45, 2.75) is 25.8 Å². The summed E-state index contributed by atoms with van der Waals surface area (Å²) in [5.41, 5.74) is 0.523. The third kappa shape index (κ3) is 3.12. The van der Waals surface area contributed by atoms with Crippen LogP contribution in [-0.2, 0) is 11.3 Å². The van der Waals surface area contributed by atoms with Gasteiger partial charge in [-0.05, 0) is 36.1 Å². The fourth-order valence-electron chi connectivity index (χ4n) is 2.42. The van der Waals surface area contributed by atoms with Gasteiger partial charge < -0.3 is 5.11 Å². The van der Waals surface area contributed by atoms with E-state index in [4.69, 9.17) is 5.11 Å². The lowest BCUT2D eigenvalue weighted by atomic mass is 10.1. The van der Waals surface area contributed by atoms with Gasteiger partial charge >= 0.3 is 11.7 Å². The molecule has 0 aliphatic heterocycles. The number of fused-ring (bicyclic) bond motifs is 1. The summed E-state index contributed by atoms with van der Waals surface area (Å²) in [5, 5.41) is 13.1. The minimum absolute atomic E-state index is 0.000371. The van der Waals surface area contributed by atoms with Gasteiger partial charge in [0.05, 0.1) is 13.0 Å². The largest absolute Gasteiger partial charge is 0.481 e. The Balaban J connectivity index is 1.54. The lowest BCUT2D eigenvalue weighted by Gasteiger charge is -2.11. The average Bonchev–Trinajstić information content (AvgIpc) is 3.13. The van der Waals surface area contributed by atoms with Crippen LogP contribution >= 0.6 is 11.8 Å². The van der Waals surface area contributed by atoms with E-state index in [0.717, 1.165) is 24.3 Å². The summed E-state index contributed by atoms with van der Waals surface area (Å²) in [4.78, 5) is 22.8. The van der Waals surface area contributed by atoms with Crippen LogP contribution in [0.15, 0.2) is 29.2 Å². The van der Waals surface area contributed by atoms with Crippen molar-refractivity contribution in [2.75, 3.05) is 11.5 Å². The second-order valence-corrected chi connectivity index (χ2v) is 6.66. The van der Waals surface area contributed by atoms with E-state index in [1.54, 1.807) is 30.1 Å². The highest BCUT2D eigenvalue weighted by molar-refractivity contribution is 7.99. The van der Waals surface area contributed by atoms with Crippen LogP contribution in [0.25, 0.3) is 5.65 Å². The summed E-state index contributed by atoms with van der Waals surface area (Å²) in [6.07, 6.45) is 3.97. The first-order chi connectivity index (χ1) is 10.1. The molecule has 0 unspecified atom stereocenters. The Morgan fingerprint density at radius 3 is 2.90 bits per heavy atom. The number of carboxylic acids is 1. The highest BCUT2D eigenvalue weighted by Crippen LogP contribution is 2.50. The molecule has 2 aromatic heterocycles. The topological polar surface area (TPSA) is 76.6 Å². The zero-order valence-electron chi connectivity index (χ0n) is 11.6. The maximum atomic E-state index is 12.1. The molecule has 0 saturated heterocycles. The lowest BCUT2D eigenvalue weighted by Crippen LogP contribution is -2.22. The van der Waals surface area contributed by atoms with Crippen molar-refractivity contribution in [1.29, 1.82) is 0 Å². The van der Waals surface area contributed by atoms with Crippen molar-refractivity contribution in [3.8, 4) is 0 Å². The number of thioether (sulfide) groups is 1. The zero-order chi connectivity index (χ0) is 14.9. The number of carbonyl (C=O) groups is 1. The van der Waals surface area contributed by atoms with Gasteiger partial charge in [-0.15, -0.1) is 5.10 Å². The second kappa shape index (κ2) is 5.55. The molecule has 0 spiro atoms. The molecule has 0 amide bonds. The maximum absolute atomic E-state index is 12.1. The minimum atomic E-state index is -0.718. The quantitative estimate of drug-likeness (QED) is 0.784.